The second kappa shape index (κ2) is 8.10. The number of carbonyl (C=O) groups excluding carboxylic acids is 1. The van der Waals surface area contributed by atoms with E-state index in [2.05, 4.69) is 25.7 Å². The summed E-state index contributed by atoms with van der Waals surface area (Å²) in [6.45, 7) is 5.08. The molecule has 0 saturated heterocycles. The Hall–Kier alpha value is -2.16. The summed E-state index contributed by atoms with van der Waals surface area (Å²) in [4.78, 5) is 25.5. The van der Waals surface area contributed by atoms with Gasteiger partial charge >= 0.3 is 6.01 Å². The molecule has 0 unspecified atom stereocenters. The molecule has 0 radical (unpaired) electrons. The van der Waals surface area contributed by atoms with E-state index < -0.39 is 0 Å². The summed E-state index contributed by atoms with van der Waals surface area (Å²) in [5.41, 5.74) is 2.36. The van der Waals surface area contributed by atoms with Crippen LogP contribution in [0.4, 0.5) is 11.9 Å². The number of anilines is 2. The lowest BCUT2D eigenvalue weighted by Crippen LogP contribution is -2.36. The zero-order valence-electron chi connectivity index (χ0n) is 12.0. The summed E-state index contributed by atoms with van der Waals surface area (Å²) < 4.78 is 5.38. The molecule has 1 aromatic rings. The average Bonchev–Trinajstić information content (AvgIpc) is 2.49. The number of hydrogen-bond acceptors (Lipinski definition) is 8. The zero-order valence-corrected chi connectivity index (χ0v) is 12.0. The van der Waals surface area contributed by atoms with Gasteiger partial charge in [0.1, 0.15) is 0 Å². The van der Waals surface area contributed by atoms with Crippen LogP contribution in [0.25, 0.3) is 0 Å². The van der Waals surface area contributed by atoms with Crippen LogP contribution >= 0.6 is 0 Å². The maximum atomic E-state index is 11.5. The standard InChI is InChI=1S/C11H21N7O2/c1-4-6-20-11-15-9(17-12)14-10(16-11)18(5-2)7-8(19)13-3/h4-7,12H2,1-3H3,(H,13,19)(H,14,15,16,17). The number of nitrogens with zero attached hydrogens (tertiary/aromatic N) is 4. The monoisotopic (exact) mass is 283 g/mol. The number of rotatable bonds is 8. The molecule has 4 N–H and O–H groups in total. The number of nitrogens with two attached hydrogens (primary N) is 1. The maximum Gasteiger partial charge on any atom is 0.323 e. The van der Waals surface area contributed by atoms with Gasteiger partial charge in [-0.25, -0.2) is 5.84 Å². The van der Waals surface area contributed by atoms with E-state index >= 15 is 0 Å². The third kappa shape index (κ3) is 4.50. The van der Waals surface area contributed by atoms with Crippen molar-refractivity contribution in [3.05, 3.63) is 0 Å². The van der Waals surface area contributed by atoms with Gasteiger partial charge in [-0.15, -0.1) is 0 Å². The Morgan fingerprint density at radius 2 is 2.10 bits per heavy atom. The van der Waals surface area contributed by atoms with Crippen molar-refractivity contribution in [2.45, 2.75) is 20.3 Å². The first kappa shape index (κ1) is 15.9. The van der Waals surface area contributed by atoms with Crippen LogP contribution in [0.3, 0.4) is 0 Å². The van der Waals surface area contributed by atoms with Crippen molar-refractivity contribution in [3.8, 4) is 6.01 Å². The number of carbonyl (C=O) groups is 1. The third-order valence-corrected chi connectivity index (χ3v) is 2.45. The molecule has 1 amide bonds. The predicted molar refractivity (Wildman–Crippen MR) is 75.4 cm³/mol. The molecule has 112 valence electrons. The van der Waals surface area contributed by atoms with Crippen molar-refractivity contribution >= 4 is 17.8 Å². The van der Waals surface area contributed by atoms with Crippen LogP contribution < -0.4 is 26.2 Å². The Morgan fingerprint density at radius 3 is 2.65 bits per heavy atom. The summed E-state index contributed by atoms with van der Waals surface area (Å²) in [7, 11) is 1.58. The molecule has 9 heteroatoms. The molecule has 0 aliphatic heterocycles. The highest BCUT2D eigenvalue weighted by atomic mass is 16.5. The van der Waals surface area contributed by atoms with Crippen LogP contribution in [0.1, 0.15) is 20.3 Å². The number of hydrogen-bond donors (Lipinski definition) is 3. The van der Waals surface area contributed by atoms with E-state index in [1.807, 2.05) is 13.8 Å². The predicted octanol–water partition coefficient (Wildman–Crippen LogP) is -0.482. The number of hydrazine groups is 1. The number of nitrogens with one attached hydrogen (secondary N) is 2. The van der Waals surface area contributed by atoms with Gasteiger partial charge in [0.15, 0.2) is 0 Å². The first-order chi connectivity index (χ1) is 9.64. The van der Waals surface area contributed by atoms with Crippen molar-refractivity contribution < 1.29 is 9.53 Å². The minimum absolute atomic E-state index is 0.134. The highest BCUT2D eigenvalue weighted by Crippen LogP contribution is 2.14. The molecule has 0 saturated carbocycles. The largest absolute Gasteiger partial charge is 0.463 e. The minimum Gasteiger partial charge on any atom is -0.463 e. The molecule has 9 nitrogen and oxygen atoms in total. The van der Waals surface area contributed by atoms with Crippen LogP contribution in [-0.2, 0) is 4.79 Å². The van der Waals surface area contributed by atoms with Gasteiger partial charge in [-0.3, -0.25) is 10.2 Å². The van der Waals surface area contributed by atoms with Crippen LogP contribution in [0.15, 0.2) is 0 Å². The van der Waals surface area contributed by atoms with Crippen molar-refractivity contribution in [2.24, 2.45) is 5.84 Å². The normalized spacial score (nSPS) is 10.0. The van der Waals surface area contributed by atoms with Crippen LogP contribution in [0.5, 0.6) is 6.01 Å². The Kier molecular flexibility index (Phi) is 6.44. The fourth-order valence-corrected chi connectivity index (χ4v) is 1.39. The summed E-state index contributed by atoms with van der Waals surface area (Å²) in [5.74, 6) is 5.72. The Balaban J connectivity index is 2.97. The summed E-state index contributed by atoms with van der Waals surface area (Å²) in [5, 5.41) is 2.55. The highest BCUT2D eigenvalue weighted by Gasteiger charge is 2.15. The Bertz CT molecular complexity index is 441. The lowest BCUT2D eigenvalue weighted by molar-refractivity contribution is -0.119. The topological polar surface area (TPSA) is 118 Å². The van der Waals surface area contributed by atoms with E-state index in [-0.39, 0.29) is 24.4 Å². The molecular weight excluding hydrogens is 262 g/mol. The van der Waals surface area contributed by atoms with Crippen molar-refractivity contribution in [3.63, 3.8) is 0 Å². The maximum absolute atomic E-state index is 11.5. The Labute approximate surface area is 117 Å². The minimum atomic E-state index is -0.134. The van der Waals surface area contributed by atoms with Gasteiger partial charge in [0, 0.05) is 13.6 Å². The summed E-state index contributed by atoms with van der Waals surface area (Å²) in [6.07, 6.45) is 0.835. The van der Waals surface area contributed by atoms with Gasteiger partial charge in [-0.2, -0.15) is 15.0 Å². The van der Waals surface area contributed by atoms with E-state index in [0.717, 1.165) is 6.42 Å². The smallest absolute Gasteiger partial charge is 0.323 e. The van der Waals surface area contributed by atoms with Crippen molar-refractivity contribution in [2.75, 3.05) is 37.1 Å². The fourth-order valence-electron chi connectivity index (χ4n) is 1.39. The first-order valence-electron chi connectivity index (χ1n) is 6.45. The molecule has 20 heavy (non-hydrogen) atoms. The van der Waals surface area contributed by atoms with E-state index in [4.69, 9.17) is 10.6 Å². The van der Waals surface area contributed by atoms with Crippen LogP contribution in [0, 0.1) is 0 Å². The van der Waals surface area contributed by atoms with Gasteiger partial charge < -0.3 is 15.0 Å². The SMILES string of the molecule is CCCOc1nc(NN)nc(N(CC)CC(=O)NC)n1. The number of likely N-dealkylation sites (N-methyl/N-ethyl adjacent to an activating group) is 2. The second-order valence-electron chi connectivity index (χ2n) is 3.92. The lowest BCUT2D eigenvalue weighted by atomic mass is 10.5. The molecule has 1 rings (SSSR count). The van der Waals surface area contributed by atoms with Gasteiger partial charge in [0.25, 0.3) is 0 Å². The number of amides is 1. The van der Waals surface area contributed by atoms with Gasteiger partial charge in [-0.1, -0.05) is 6.92 Å². The molecule has 0 aliphatic carbocycles. The van der Waals surface area contributed by atoms with Crippen molar-refractivity contribution in [1.82, 2.24) is 20.3 Å². The average molecular weight is 283 g/mol. The number of aromatic nitrogens is 3. The molecule has 1 heterocycles. The second-order valence-corrected chi connectivity index (χ2v) is 3.92. The van der Waals surface area contributed by atoms with Gasteiger partial charge in [-0.05, 0) is 13.3 Å². The van der Waals surface area contributed by atoms with Crippen LogP contribution in [-0.4, -0.2) is 47.6 Å². The van der Waals surface area contributed by atoms with Gasteiger partial charge in [0.05, 0.1) is 13.2 Å². The lowest BCUT2D eigenvalue weighted by Gasteiger charge is -2.20. The van der Waals surface area contributed by atoms with E-state index in [1.54, 1.807) is 11.9 Å². The molecule has 0 atom stereocenters. The zero-order chi connectivity index (χ0) is 15.0. The quantitative estimate of drug-likeness (QED) is 0.432. The molecule has 0 bridgehead atoms. The first-order valence-corrected chi connectivity index (χ1v) is 6.45. The van der Waals surface area contributed by atoms with E-state index in [1.165, 1.54) is 0 Å². The van der Waals surface area contributed by atoms with E-state index in [9.17, 15) is 4.79 Å². The third-order valence-electron chi connectivity index (χ3n) is 2.45. The molecule has 0 aliphatic rings. The van der Waals surface area contributed by atoms with E-state index in [0.29, 0.717) is 19.1 Å². The molecule has 1 aromatic heterocycles. The van der Waals surface area contributed by atoms with Crippen LogP contribution in [0.2, 0.25) is 0 Å². The number of ether oxygens (including phenoxy) is 1. The molecule has 0 fully saturated rings. The summed E-state index contributed by atoms with van der Waals surface area (Å²) in [6, 6.07) is 0.181. The molecule has 0 aromatic carbocycles. The number of nitrogen functional groups attached to an aromatic ring is 1. The molecule has 0 spiro atoms. The highest BCUT2D eigenvalue weighted by molar-refractivity contribution is 5.80. The molecular formula is C11H21N7O2. The van der Waals surface area contributed by atoms with Crippen molar-refractivity contribution in [1.29, 1.82) is 0 Å². The fraction of sp³-hybridized carbons (Fsp3) is 0.636. The Morgan fingerprint density at radius 1 is 1.35 bits per heavy atom. The van der Waals surface area contributed by atoms with Gasteiger partial charge in [0.2, 0.25) is 17.8 Å². The summed E-state index contributed by atoms with van der Waals surface area (Å²) >= 11 is 0.